The number of aryl methyl sites for hydroxylation is 2. The largest absolute Gasteiger partial charge is 0.337 e. The summed E-state index contributed by atoms with van der Waals surface area (Å²) < 4.78 is 0. The number of rotatable bonds is 3. The van der Waals surface area contributed by atoms with E-state index < -0.39 is 0 Å². The molecule has 1 spiro atoms. The second-order valence-electron chi connectivity index (χ2n) is 8.17. The fraction of sp³-hybridized carbons (Fsp3) is 0.550. The molecule has 2 amide bonds. The van der Waals surface area contributed by atoms with Crippen LogP contribution in [0.3, 0.4) is 0 Å². The molecule has 8 nitrogen and oxygen atoms in total. The number of hydrogen-bond donors (Lipinski definition) is 1. The molecule has 0 bridgehead atoms. The van der Waals surface area contributed by atoms with E-state index in [4.69, 9.17) is 0 Å². The van der Waals surface area contributed by atoms with Gasteiger partial charge in [-0.05, 0) is 39.2 Å². The van der Waals surface area contributed by atoms with E-state index >= 15 is 0 Å². The Kier molecular flexibility index (Phi) is 4.87. The monoisotopic (exact) mass is 382 g/mol. The number of nitrogens with zero attached hydrogens (tertiary/aromatic N) is 5. The number of amides is 2. The van der Waals surface area contributed by atoms with Crippen LogP contribution in [-0.4, -0.2) is 61.4 Å². The van der Waals surface area contributed by atoms with Crippen LogP contribution >= 0.6 is 0 Å². The van der Waals surface area contributed by atoms with Crippen LogP contribution < -0.4 is 0 Å². The lowest BCUT2D eigenvalue weighted by Crippen LogP contribution is -2.54. The highest BCUT2D eigenvalue weighted by Crippen LogP contribution is 2.39. The summed E-state index contributed by atoms with van der Waals surface area (Å²) >= 11 is 0. The molecule has 8 heteroatoms. The van der Waals surface area contributed by atoms with Crippen molar-refractivity contribution in [3.05, 3.63) is 41.2 Å². The summed E-state index contributed by atoms with van der Waals surface area (Å²) in [6.45, 7) is 6.32. The second kappa shape index (κ2) is 7.33. The molecule has 2 aromatic heterocycles. The average molecular weight is 382 g/mol. The van der Waals surface area contributed by atoms with Gasteiger partial charge in [0.2, 0.25) is 5.91 Å². The van der Waals surface area contributed by atoms with E-state index in [-0.39, 0.29) is 17.2 Å². The molecule has 2 saturated heterocycles. The van der Waals surface area contributed by atoms with Gasteiger partial charge in [0.1, 0.15) is 5.69 Å². The van der Waals surface area contributed by atoms with Crippen LogP contribution in [0.2, 0.25) is 0 Å². The third kappa shape index (κ3) is 3.76. The van der Waals surface area contributed by atoms with E-state index in [1.54, 1.807) is 18.5 Å². The van der Waals surface area contributed by atoms with Crippen molar-refractivity contribution in [1.82, 2.24) is 30.0 Å². The maximum absolute atomic E-state index is 12.9. The molecule has 28 heavy (non-hydrogen) atoms. The molecular weight excluding hydrogens is 356 g/mol. The fourth-order valence-corrected chi connectivity index (χ4v) is 4.35. The molecule has 0 saturated carbocycles. The lowest BCUT2D eigenvalue weighted by molar-refractivity contribution is -0.139. The van der Waals surface area contributed by atoms with Crippen LogP contribution in [0.1, 0.15) is 53.3 Å². The van der Waals surface area contributed by atoms with Gasteiger partial charge in [-0.25, -0.2) is 0 Å². The first-order valence-corrected chi connectivity index (χ1v) is 9.81. The zero-order chi connectivity index (χ0) is 19.7. The van der Waals surface area contributed by atoms with Crippen molar-refractivity contribution in [3.63, 3.8) is 0 Å². The molecule has 1 atom stereocenters. The third-order valence-electron chi connectivity index (χ3n) is 5.81. The number of carbonyl (C=O) groups is 2. The molecule has 4 heterocycles. The fourth-order valence-electron chi connectivity index (χ4n) is 4.35. The zero-order valence-electron chi connectivity index (χ0n) is 16.4. The minimum atomic E-state index is -0.0503. The SMILES string of the molecule is Cc1cnc(CN2C[C@]3(CCCN(C(=O)c4cc(C)[nH]n4)C3)CCC2=O)cn1. The standard InChI is InChI=1S/C20H26N6O2/c1-14-8-17(24-23-14)19(28)25-7-3-5-20(12-25)6-4-18(27)26(13-20)11-16-10-21-15(2)9-22-16/h8-10H,3-7,11-13H2,1-2H3,(H,23,24)/t20-/m1/s1. The molecular formula is C20H26N6O2. The van der Waals surface area contributed by atoms with Crippen molar-refractivity contribution in [2.45, 2.75) is 46.1 Å². The number of aromatic nitrogens is 4. The molecule has 2 aliphatic rings. The second-order valence-corrected chi connectivity index (χ2v) is 8.17. The Bertz CT molecular complexity index is 877. The summed E-state index contributed by atoms with van der Waals surface area (Å²) in [6.07, 6.45) is 6.78. The van der Waals surface area contributed by atoms with Crippen LogP contribution in [0.25, 0.3) is 0 Å². The summed E-state index contributed by atoms with van der Waals surface area (Å²) in [4.78, 5) is 37.8. The van der Waals surface area contributed by atoms with Gasteiger partial charge < -0.3 is 9.80 Å². The normalized spacial score (nSPS) is 22.7. The Labute approximate surface area is 164 Å². The van der Waals surface area contributed by atoms with Gasteiger partial charge in [-0.2, -0.15) is 5.10 Å². The number of H-pyrrole nitrogens is 1. The van der Waals surface area contributed by atoms with Crippen LogP contribution in [0.15, 0.2) is 18.5 Å². The predicted octanol–water partition coefficient (Wildman–Crippen LogP) is 1.86. The smallest absolute Gasteiger partial charge is 0.274 e. The first-order valence-electron chi connectivity index (χ1n) is 9.81. The van der Waals surface area contributed by atoms with E-state index in [9.17, 15) is 9.59 Å². The Morgan fingerprint density at radius 1 is 1.21 bits per heavy atom. The number of hydrogen-bond acceptors (Lipinski definition) is 5. The number of nitrogens with one attached hydrogen (secondary N) is 1. The zero-order valence-corrected chi connectivity index (χ0v) is 16.4. The number of carbonyl (C=O) groups excluding carboxylic acids is 2. The minimum absolute atomic E-state index is 0.0312. The molecule has 4 rings (SSSR count). The van der Waals surface area contributed by atoms with E-state index in [2.05, 4.69) is 20.2 Å². The number of piperidine rings is 2. The van der Waals surface area contributed by atoms with Crippen LogP contribution in [-0.2, 0) is 11.3 Å². The van der Waals surface area contributed by atoms with E-state index in [1.165, 1.54) is 0 Å². The molecule has 2 aliphatic heterocycles. The maximum atomic E-state index is 12.9. The summed E-state index contributed by atoms with van der Waals surface area (Å²) in [7, 11) is 0. The molecule has 2 aromatic rings. The van der Waals surface area contributed by atoms with Crippen molar-refractivity contribution >= 4 is 11.8 Å². The highest BCUT2D eigenvalue weighted by molar-refractivity contribution is 5.92. The van der Waals surface area contributed by atoms with Gasteiger partial charge in [-0.15, -0.1) is 0 Å². The van der Waals surface area contributed by atoms with Crippen molar-refractivity contribution < 1.29 is 9.59 Å². The molecule has 0 radical (unpaired) electrons. The molecule has 0 unspecified atom stereocenters. The van der Waals surface area contributed by atoms with Crippen LogP contribution in [0, 0.1) is 19.3 Å². The van der Waals surface area contributed by atoms with Gasteiger partial charge in [-0.1, -0.05) is 0 Å². The van der Waals surface area contributed by atoms with Crippen molar-refractivity contribution in [2.24, 2.45) is 5.41 Å². The highest BCUT2D eigenvalue weighted by atomic mass is 16.2. The van der Waals surface area contributed by atoms with E-state index in [0.29, 0.717) is 31.7 Å². The Hall–Kier alpha value is -2.77. The summed E-state index contributed by atoms with van der Waals surface area (Å²) in [5.74, 6) is 0.121. The van der Waals surface area contributed by atoms with Crippen molar-refractivity contribution in [3.8, 4) is 0 Å². The lowest BCUT2D eigenvalue weighted by atomic mass is 9.73. The predicted molar refractivity (Wildman–Crippen MR) is 102 cm³/mol. The summed E-state index contributed by atoms with van der Waals surface area (Å²) in [5.41, 5.74) is 2.95. The minimum Gasteiger partial charge on any atom is -0.337 e. The Balaban J connectivity index is 1.47. The quantitative estimate of drug-likeness (QED) is 0.874. The molecule has 2 fully saturated rings. The third-order valence-corrected chi connectivity index (χ3v) is 5.81. The first kappa shape index (κ1) is 18.6. The summed E-state index contributed by atoms with van der Waals surface area (Å²) in [6, 6.07) is 1.79. The molecule has 1 N–H and O–H groups in total. The Morgan fingerprint density at radius 2 is 2.07 bits per heavy atom. The van der Waals surface area contributed by atoms with Crippen molar-refractivity contribution in [2.75, 3.05) is 19.6 Å². The Morgan fingerprint density at radius 3 is 2.79 bits per heavy atom. The van der Waals surface area contributed by atoms with Crippen LogP contribution in [0.5, 0.6) is 0 Å². The highest BCUT2D eigenvalue weighted by Gasteiger charge is 2.43. The van der Waals surface area contributed by atoms with E-state index in [0.717, 1.165) is 42.9 Å². The van der Waals surface area contributed by atoms with Gasteiger partial charge in [0.25, 0.3) is 5.91 Å². The molecule has 148 valence electrons. The van der Waals surface area contributed by atoms with Crippen LogP contribution in [0.4, 0.5) is 0 Å². The summed E-state index contributed by atoms with van der Waals surface area (Å²) in [5, 5.41) is 6.96. The van der Waals surface area contributed by atoms with Gasteiger partial charge in [0.15, 0.2) is 0 Å². The first-order chi connectivity index (χ1) is 13.4. The lowest BCUT2D eigenvalue weighted by Gasteiger charge is -2.48. The van der Waals surface area contributed by atoms with Gasteiger partial charge in [0.05, 0.1) is 24.1 Å². The van der Waals surface area contributed by atoms with E-state index in [1.807, 2.05) is 23.6 Å². The average Bonchev–Trinajstić information content (AvgIpc) is 3.13. The number of aromatic amines is 1. The topological polar surface area (TPSA) is 95.1 Å². The van der Waals surface area contributed by atoms with Gasteiger partial charge >= 0.3 is 0 Å². The molecule has 0 aliphatic carbocycles. The van der Waals surface area contributed by atoms with Gasteiger partial charge in [-0.3, -0.25) is 24.7 Å². The maximum Gasteiger partial charge on any atom is 0.274 e. The van der Waals surface area contributed by atoms with Gasteiger partial charge in [0, 0.05) is 43.4 Å². The van der Waals surface area contributed by atoms with Crippen molar-refractivity contribution in [1.29, 1.82) is 0 Å². The molecule has 0 aromatic carbocycles. The number of likely N-dealkylation sites (tertiary alicyclic amines) is 2.